The summed E-state index contributed by atoms with van der Waals surface area (Å²) >= 11 is 0. The van der Waals surface area contributed by atoms with Crippen LogP contribution < -0.4 is 9.46 Å². The number of sulfonamides is 1. The van der Waals surface area contributed by atoms with Crippen LogP contribution in [-0.2, 0) is 16.4 Å². The fraction of sp³-hybridized carbons (Fsp3) is 0.250. The maximum absolute atomic E-state index is 12.1. The van der Waals surface area contributed by atoms with Crippen molar-refractivity contribution >= 4 is 10.0 Å². The van der Waals surface area contributed by atoms with Crippen molar-refractivity contribution in [2.45, 2.75) is 17.4 Å². The molecule has 5 nitrogen and oxygen atoms in total. The third-order valence-corrected chi connectivity index (χ3v) is 5.06. The average molecular weight is 319 g/mol. The molecular weight excluding hydrogens is 302 g/mol. The van der Waals surface area contributed by atoms with Crippen LogP contribution in [-0.4, -0.2) is 26.7 Å². The number of ether oxygens (including phenoxy) is 1. The van der Waals surface area contributed by atoms with Crippen molar-refractivity contribution in [1.29, 1.82) is 0 Å². The zero-order valence-corrected chi connectivity index (χ0v) is 12.7. The first kappa shape index (κ1) is 15.0. The number of benzene rings is 2. The predicted octanol–water partition coefficient (Wildman–Crippen LogP) is 1.63. The molecule has 1 aliphatic heterocycles. The minimum Gasteiger partial charge on any atom is -0.493 e. The molecular formula is C16H17NO4S. The van der Waals surface area contributed by atoms with E-state index in [1.165, 1.54) is 12.1 Å². The highest BCUT2D eigenvalue weighted by Gasteiger charge is 2.18. The molecule has 0 bridgehead atoms. The van der Waals surface area contributed by atoms with Crippen LogP contribution in [0.15, 0.2) is 53.4 Å². The molecule has 0 aromatic heterocycles. The number of rotatable bonds is 5. The van der Waals surface area contributed by atoms with Crippen molar-refractivity contribution in [1.82, 2.24) is 4.72 Å². The highest BCUT2D eigenvalue weighted by atomic mass is 32.2. The summed E-state index contributed by atoms with van der Waals surface area (Å²) < 4.78 is 32.1. The smallest absolute Gasteiger partial charge is 0.240 e. The molecule has 1 heterocycles. The van der Waals surface area contributed by atoms with Gasteiger partial charge in [0.25, 0.3) is 0 Å². The first-order valence-corrected chi connectivity index (χ1v) is 8.53. The van der Waals surface area contributed by atoms with Crippen molar-refractivity contribution in [3.05, 3.63) is 59.7 Å². The zero-order valence-electron chi connectivity index (χ0n) is 11.9. The SMILES string of the molecule is O=S(=O)(NCC(O)c1ccc2c(c1)CCO2)c1ccccc1. The normalized spacial score (nSPS) is 15.1. The van der Waals surface area contributed by atoms with Crippen LogP contribution in [0.4, 0.5) is 0 Å². The lowest BCUT2D eigenvalue weighted by molar-refractivity contribution is 0.182. The number of hydrogen-bond donors (Lipinski definition) is 2. The van der Waals surface area contributed by atoms with Crippen LogP contribution in [0.25, 0.3) is 0 Å². The van der Waals surface area contributed by atoms with Gasteiger partial charge in [0.15, 0.2) is 0 Å². The molecule has 0 fully saturated rings. The maximum atomic E-state index is 12.1. The van der Waals surface area contributed by atoms with E-state index in [-0.39, 0.29) is 11.4 Å². The molecule has 0 aliphatic carbocycles. The van der Waals surface area contributed by atoms with Gasteiger partial charge in [0.1, 0.15) is 5.75 Å². The van der Waals surface area contributed by atoms with Crippen LogP contribution in [0.1, 0.15) is 17.2 Å². The zero-order chi connectivity index (χ0) is 15.6. The monoisotopic (exact) mass is 319 g/mol. The van der Waals surface area contributed by atoms with Gasteiger partial charge < -0.3 is 9.84 Å². The van der Waals surface area contributed by atoms with Gasteiger partial charge in [0, 0.05) is 13.0 Å². The summed E-state index contributed by atoms with van der Waals surface area (Å²) in [6, 6.07) is 13.5. The van der Waals surface area contributed by atoms with Gasteiger partial charge >= 0.3 is 0 Å². The Bertz CT molecular complexity index is 759. The van der Waals surface area contributed by atoms with Gasteiger partial charge in [-0.05, 0) is 35.4 Å². The first-order chi connectivity index (χ1) is 10.6. The summed E-state index contributed by atoms with van der Waals surface area (Å²) in [6.45, 7) is 0.576. The Labute approximate surface area is 129 Å². The molecule has 2 aromatic rings. The number of nitrogens with one attached hydrogen (secondary N) is 1. The Morgan fingerprint density at radius 2 is 1.95 bits per heavy atom. The highest BCUT2D eigenvalue weighted by Crippen LogP contribution is 2.28. The molecule has 1 aliphatic rings. The van der Waals surface area contributed by atoms with Gasteiger partial charge in [-0.25, -0.2) is 13.1 Å². The Morgan fingerprint density at radius 1 is 1.18 bits per heavy atom. The molecule has 1 unspecified atom stereocenters. The van der Waals surface area contributed by atoms with Gasteiger partial charge in [0.2, 0.25) is 10.0 Å². The molecule has 0 spiro atoms. The molecule has 0 amide bonds. The standard InChI is InChI=1S/C16H17NO4S/c18-15(12-6-7-16-13(10-12)8-9-21-16)11-17-22(19,20)14-4-2-1-3-5-14/h1-7,10,15,17-18H,8-9,11H2. The second-order valence-corrected chi connectivity index (χ2v) is 6.91. The van der Waals surface area contributed by atoms with Crippen molar-refractivity contribution < 1.29 is 18.3 Å². The largest absolute Gasteiger partial charge is 0.493 e. The van der Waals surface area contributed by atoms with E-state index in [2.05, 4.69) is 4.72 Å². The summed E-state index contributed by atoms with van der Waals surface area (Å²) in [5.74, 6) is 0.834. The third kappa shape index (κ3) is 3.14. The minimum absolute atomic E-state index is 0.0725. The van der Waals surface area contributed by atoms with Crippen molar-refractivity contribution in [2.75, 3.05) is 13.2 Å². The van der Waals surface area contributed by atoms with Crippen molar-refractivity contribution in [2.24, 2.45) is 0 Å². The van der Waals surface area contributed by atoms with E-state index in [0.717, 1.165) is 17.7 Å². The third-order valence-electron chi connectivity index (χ3n) is 3.62. The fourth-order valence-electron chi connectivity index (χ4n) is 2.40. The van der Waals surface area contributed by atoms with E-state index >= 15 is 0 Å². The molecule has 0 saturated carbocycles. The molecule has 3 rings (SSSR count). The lowest BCUT2D eigenvalue weighted by Crippen LogP contribution is -2.28. The Morgan fingerprint density at radius 3 is 2.73 bits per heavy atom. The molecule has 0 radical (unpaired) electrons. The quantitative estimate of drug-likeness (QED) is 0.878. The van der Waals surface area contributed by atoms with Gasteiger partial charge in [-0.1, -0.05) is 24.3 Å². The lowest BCUT2D eigenvalue weighted by Gasteiger charge is -2.13. The van der Waals surface area contributed by atoms with Crippen LogP contribution in [0, 0.1) is 0 Å². The van der Waals surface area contributed by atoms with Crippen molar-refractivity contribution in [3.8, 4) is 5.75 Å². The van der Waals surface area contributed by atoms with Gasteiger partial charge in [0.05, 0.1) is 17.6 Å². The Kier molecular flexibility index (Phi) is 4.15. The van der Waals surface area contributed by atoms with Crippen molar-refractivity contribution in [3.63, 3.8) is 0 Å². The van der Waals surface area contributed by atoms with Gasteiger partial charge in [-0.2, -0.15) is 0 Å². The summed E-state index contributed by atoms with van der Waals surface area (Å²) in [5.41, 5.74) is 1.72. The number of aliphatic hydroxyl groups is 1. The van der Waals surface area contributed by atoms with E-state index in [1.54, 1.807) is 24.3 Å². The second kappa shape index (κ2) is 6.08. The lowest BCUT2D eigenvalue weighted by atomic mass is 10.0. The molecule has 2 aromatic carbocycles. The van der Waals surface area contributed by atoms with Crippen LogP contribution >= 0.6 is 0 Å². The van der Waals surface area contributed by atoms with Gasteiger partial charge in [-0.3, -0.25) is 0 Å². The van der Waals surface area contributed by atoms with E-state index in [1.807, 2.05) is 12.1 Å². The topological polar surface area (TPSA) is 75.6 Å². The van der Waals surface area contributed by atoms with E-state index in [9.17, 15) is 13.5 Å². The molecule has 116 valence electrons. The van der Waals surface area contributed by atoms with Crippen LogP contribution in [0.2, 0.25) is 0 Å². The predicted molar refractivity (Wildman–Crippen MR) is 82.2 cm³/mol. The molecule has 2 N–H and O–H groups in total. The Hall–Kier alpha value is -1.89. The summed E-state index contributed by atoms with van der Waals surface area (Å²) in [5, 5.41) is 10.2. The number of fused-ring (bicyclic) bond motifs is 1. The number of hydrogen-bond acceptors (Lipinski definition) is 4. The maximum Gasteiger partial charge on any atom is 0.240 e. The second-order valence-electron chi connectivity index (χ2n) is 5.15. The van der Waals surface area contributed by atoms with Crippen LogP contribution in [0.5, 0.6) is 5.75 Å². The molecule has 0 saturated heterocycles. The molecule has 6 heteroatoms. The van der Waals surface area contributed by atoms with Crippen LogP contribution in [0.3, 0.4) is 0 Å². The van der Waals surface area contributed by atoms with Gasteiger partial charge in [-0.15, -0.1) is 0 Å². The first-order valence-electron chi connectivity index (χ1n) is 7.05. The minimum atomic E-state index is -3.61. The summed E-state index contributed by atoms with van der Waals surface area (Å²) in [4.78, 5) is 0.185. The summed E-state index contributed by atoms with van der Waals surface area (Å²) in [7, 11) is -3.61. The summed E-state index contributed by atoms with van der Waals surface area (Å²) in [6.07, 6.45) is -0.0876. The van der Waals surface area contributed by atoms with E-state index in [0.29, 0.717) is 12.2 Å². The Balaban J connectivity index is 1.69. The van der Waals surface area contributed by atoms with E-state index in [4.69, 9.17) is 4.74 Å². The fourth-order valence-corrected chi connectivity index (χ4v) is 3.46. The highest BCUT2D eigenvalue weighted by molar-refractivity contribution is 7.89. The molecule has 1 atom stereocenters. The van der Waals surface area contributed by atoms with E-state index < -0.39 is 16.1 Å². The molecule has 22 heavy (non-hydrogen) atoms. The number of aliphatic hydroxyl groups excluding tert-OH is 1. The average Bonchev–Trinajstić information content (AvgIpc) is 3.01.